The van der Waals surface area contributed by atoms with E-state index in [1.165, 1.54) is 37.0 Å². The van der Waals surface area contributed by atoms with Gasteiger partial charge in [-0.2, -0.15) is 0 Å². The van der Waals surface area contributed by atoms with Crippen LogP contribution in [0.4, 0.5) is 0 Å². The Bertz CT molecular complexity index is 1440. The molecule has 0 unspecified atom stereocenters. The van der Waals surface area contributed by atoms with Crippen molar-refractivity contribution in [2.75, 3.05) is 0 Å². The Labute approximate surface area is 269 Å². The van der Waals surface area contributed by atoms with Crippen molar-refractivity contribution in [3.05, 3.63) is 83.3 Å². The Morgan fingerprint density at radius 2 is 1.93 bits per heavy atom. The number of carbonyl (C=O) groups is 1. The Hall–Kier alpha value is -2.83. The smallest absolute Gasteiger partial charge is 0.167 e. The summed E-state index contributed by atoms with van der Waals surface area (Å²) in [5.41, 5.74) is 5.27. The van der Waals surface area contributed by atoms with Crippen molar-refractivity contribution >= 4 is 5.78 Å². The van der Waals surface area contributed by atoms with Gasteiger partial charge in [0.25, 0.3) is 0 Å². The number of fused-ring (bicyclic) bond motifs is 1. The first-order valence-corrected chi connectivity index (χ1v) is 17.6. The molecule has 0 radical (unpaired) electrons. The highest BCUT2D eigenvalue weighted by molar-refractivity contribution is 5.99. The fourth-order valence-electron chi connectivity index (χ4n) is 9.58. The van der Waals surface area contributed by atoms with Crippen LogP contribution < -0.4 is 0 Å². The second kappa shape index (κ2) is 13.1. The van der Waals surface area contributed by atoms with Crippen molar-refractivity contribution in [3.63, 3.8) is 0 Å². The molecule has 7 atom stereocenters. The highest BCUT2D eigenvalue weighted by Gasteiger charge is 2.56. The Kier molecular flexibility index (Phi) is 9.36. The number of aromatic nitrogens is 3. The third-order valence-electron chi connectivity index (χ3n) is 12.3. The number of aliphatic hydroxyl groups is 2. The van der Waals surface area contributed by atoms with Crippen molar-refractivity contribution in [2.24, 2.45) is 29.1 Å². The maximum Gasteiger partial charge on any atom is 0.167 e. The monoisotopic (exact) mass is 611 g/mol. The predicted molar refractivity (Wildman–Crippen MR) is 179 cm³/mol. The van der Waals surface area contributed by atoms with E-state index in [2.05, 4.69) is 49.5 Å². The van der Waals surface area contributed by atoms with Crippen LogP contribution in [0.2, 0.25) is 0 Å². The zero-order chi connectivity index (χ0) is 31.8. The molecule has 4 aliphatic carbocycles. The maximum atomic E-state index is 14.2. The molecule has 45 heavy (non-hydrogen) atoms. The predicted octanol–water partition coefficient (Wildman–Crippen LogP) is 7.85. The first-order valence-electron chi connectivity index (χ1n) is 17.6. The number of H-pyrrole nitrogens is 1. The number of aliphatic hydroxyl groups excluding tert-OH is 2. The van der Waals surface area contributed by atoms with E-state index in [1.54, 1.807) is 12.4 Å². The minimum absolute atomic E-state index is 0.0873. The van der Waals surface area contributed by atoms with Gasteiger partial charge in [0, 0.05) is 47.6 Å². The normalized spacial score (nSPS) is 32.4. The highest BCUT2D eigenvalue weighted by atomic mass is 16.3. The Morgan fingerprint density at radius 1 is 1.16 bits per heavy atom. The second-order valence-corrected chi connectivity index (χ2v) is 15.0. The molecular formula is C39H53N3O3. The molecule has 4 aliphatic rings. The van der Waals surface area contributed by atoms with E-state index in [-0.39, 0.29) is 22.5 Å². The van der Waals surface area contributed by atoms with Crippen molar-refractivity contribution < 1.29 is 15.0 Å². The first-order chi connectivity index (χ1) is 21.7. The molecule has 6 rings (SSSR count). The fourth-order valence-corrected chi connectivity index (χ4v) is 9.58. The molecule has 2 heterocycles. The van der Waals surface area contributed by atoms with Crippen LogP contribution in [0, 0.1) is 29.1 Å². The number of Topliss-reactive ketones (excluding diaryl/α,β-unsaturated/α-hetero) is 1. The van der Waals surface area contributed by atoms with Gasteiger partial charge in [-0.15, -0.1) is 0 Å². The second-order valence-electron chi connectivity index (χ2n) is 15.0. The molecule has 2 aromatic rings. The van der Waals surface area contributed by atoms with Crippen molar-refractivity contribution in [3.8, 4) is 0 Å². The molecule has 0 spiro atoms. The lowest BCUT2D eigenvalue weighted by molar-refractivity contribution is 0.0801. The van der Waals surface area contributed by atoms with Crippen LogP contribution >= 0.6 is 0 Å². The summed E-state index contributed by atoms with van der Waals surface area (Å²) in [7, 11) is 0. The van der Waals surface area contributed by atoms with Gasteiger partial charge in [-0.3, -0.25) is 9.78 Å². The van der Waals surface area contributed by atoms with Crippen molar-refractivity contribution in [1.29, 1.82) is 0 Å². The van der Waals surface area contributed by atoms with E-state index in [0.29, 0.717) is 30.6 Å². The average Bonchev–Trinajstić information content (AvgIpc) is 3.53. The third kappa shape index (κ3) is 6.30. The molecule has 3 N–H and O–H groups in total. The zero-order valence-electron chi connectivity index (χ0n) is 27.6. The van der Waals surface area contributed by atoms with Crippen molar-refractivity contribution in [1.82, 2.24) is 15.0 Å². The number of rotatable bonds is 11. The van der Waals surface area contributed by atoms with Gasteiger partial charge in [0.05, 0.1) is 12.2 Å². The molecule has 0 aromatic carbocycles. The number of nitrogens with zero attached hydrogens (tertiary/aromatic N) is 2. The molecular weight excluding hydrogens is 558 g/mol. The van der Waals surface area contributed by atoms with Gasteiger partial charge in [0.15, 0.2) is 5.78 Å². The molecule has 242 valence electrons. The lowest BCUT2D eigenvalue weighted by Gasteiger charge is -2.44. The SMILES string of the molecule is C=C1C(=CC=C2CCC[C@]3(C)[C@@H]([C@H](C)CC[C@H](C(=O)c4ccncc4)C4(c5ncc(CCC)[nH]5)CC4)CC[C@@H]23)C[C@@H](O)C[C@@H]1O. The molecule has 0 bridgehead atoms. The molecule has 4 saturated carbocycles. The summed E-state index contributed by atoms with van der Waals surface area (Å²) < 4.78 is 0. The largest absolute Gasteiger partial charge is 0.393 e. The number of aryl methyl sites for hydroxylation is 1. The average molecular weight is 612 g/mol. The number of hydrogen-bond acceptors (Lipinski definition) is 5. The fraction of sp³-hybridized carbons (Fsp3) is 0.615. The van der Waals surface area contributed by atoms with E-state index in [0.717, 1.165) is 67.5 Å². The van der Waals surface area contributed by atoms with E-state index in [4.69, 9.17) is 4.98 Å². The number of aromatic amines is 1. The van der Waals surface area contributed by atoms with Crippen LogP contribution in [0.3, 0.4) is 0 Å². The minimum Gasteiger partial charge on any atom is -0.393 e. The Balaban J connectivity index is 1.19. The van der Waals surface area contributed by atoms with E-state index >= 15 is 0 Å². The number of ketones is 1. The highest BCUT2D eigenvalue weighted by Crippen LogP contribution is 2.61. The summed E-state index contributed by atoms with van der Waals surface area (Å²) in [6.45, 7) is 11.3. The van der Waals surface area contributed by atoms with Gasteiger partial charge in [0.2, 0.25) is 0 Å². The van der Waals surface area contributed by atoms with Gasteiger partial charge in [0.1, 0.15) is 5.82 Å². The Morgan fingerprint density at radius 3 is 2.67 bits per heavy atom. The zero-order valence-corrected chi connectivity index (χ0v) is 27.6. The van der Waals surface area contributed by atoms with Gasteiger partial charge >= 0.3 is 0 Å². The van der Waals surface area contributed by atoms with Gasteiger partial charge < -0.3 is 15.2 Å². The van der Waals surface area contributed by atoms with Gasteiger partial charge in [-0.05, 0) is 117 Å². The lowest BCUT2D eigenvalue weighted by atomic mass is 9.60. The summed E-state index contributed by atoms with van der Waals surface area (Å²) in [5, 5.41) is 20.6. The molecule has 4 fully saturated rings. The molecule has 0 aliphatic heterocycles. The number of hydrogen-bond donors (Lipinski definition) is 3. The number of pyridine rings is 1. The van der Waals surface area contributed by atoms with Crippen LogP contribution in [-0.2, 0) is 11.8 Å². The van der Waals surface area contributed by atoms with Gasteiger partial charge in [-0.1, -0.05) is 51.5 Å². The van der Waals surface area contributed by atoms with Gasteiger partial charge in [-0.25, -0.2) is 4.98 Å². The summed E-state index contributed by atoms with van der Waals surface area (Å²) >= 11 is 0. The quantitative estimate of drug-likeness (QED) is 0.225. The standard InChI is InChI=1S/C39H53N3O3/c1-5-7-30-24-41-37(42-30)39(18-19-39)34(36(45)28-15-20-40-21-16-28)12-9-25(2)32-13-14-33-27(8-6-17-38(32,33)4)10-11-29-22-31(43)23-35(44)26(29)3/h10-11,15-16,20-21,24-25,31-35,43-44H,3,5-9,12-14,17-19,22-23H2,1-2,4H3,(H,41,42)/t25-,31-,32-,33+,34-,35+,38-/m1/s1. The van der Waals surface area contributed by atoms with Crippen molar-refractivity contribution in [2.45, 2.75) is 122 Å². The molecule has 0 amide bonds. The van der Waals surface area contributed by atoms with Crippen LogP contribution in [0.25, 0.3) is 0 Å². The van der Waals surface area contributed by atoms with E-state index in [1.807, 2.05) is 18.3 Å². The molecule has 6 heteroatoms. The summed E-state index contributed by atoms with van der Waals surface area (Å²) in [4.78, 5) is 26.8. The van der Waals surface area contributed by atoms with E-state index < -0.39 is 12.2 Å². The number of nitrogens with one attached hydrogen (secondary N) is 1. The maximum absolute atomic E-state index is 14.2. The summed E-state index contributed by atoms with van der Waals surface area (Å²) in [6.07, 6.45) is 21.7. The van der Waals surface area contributed by atoms with Crippen LogP contribution in [-0.4, -0.2) is 43.2 Å². The topological polar surface area (TPSA) is 99.1 Å². The molecule has 6 nitrogen and oxygen atoms in total. The number of allylic oxidation sites excluding steroid dienone is 3. The molecule has 0 saturated heterocycles. The first kappa shape index (κ1) is 32.1. The number of carbonyl (C=O) groups excluding carboxylic acids is 1. The molecule has 2 aromatic heterocycles. The summed E-state index contributed by atoms with van der Waals surface area (Å²) in [5.74, 6) is 2.87. The lowest BCUT2D eigenvalue weighted by Crippen LogP contribution is -2.36. The van der Waals surface area contributed by atoms with Crippen LogP contribution in [0.1, 0.15) is 120 Å². The third-order valence-corrected chi connectivity index (χ3v) is 12.3. The minimum atomic E-state index is -0.651. The number of imidazole rings is 1. The van der Waals surface area contributed by atoms with Crippen LogP contribution in [0.15, 0.2) is 66.2 Å². The summed E-state index contributed by atoms with van der Waals surface area (Å²) in [6, 6.07) is 3.74. The van der Waals surface area contributed by atoms with Crippen LogP contribution in [0.5, 0.6) is 0 Å². The van der Waals surface area contributed by atoms with E-state index in [9.17, 15) is 15.0 Å².